The molecular weight excluding hydrogens is 366 g/mol. The number of anilines is 1. The molecule has 1 aliphatic heterocycles. The van der Waals surface area contributed by atoms with Crippen LogP contribution in [-0.2, 0) is 16.1 Å². The van der Waals surface area contributed by atoms with Gasteiger partial charge in [0.25, 0.3) is 5.91 Å². The van der Waals surface area contributed by atoms with E-state index < -0.39 is 0 Å². The summed E-state index contributed by atoms with van der Waals surface area (Å²) < 4.78 is 0. The van der Waals surface area contributed by atoms with Gasteiger partial charge in [-0.05, 0) is 48.7 Å². The molecule has 1 N–H and O–H groups in total. The van der Waals surface area contributed by atoms with Crippen LogP contribution in [0.2, 0.25) is 0 Å². The van der Waals surface area contributed by atoms with Crippen molar-refractivity contribution < 1.29 is 14.4 Å². The molecule has 152 valence electrons. The SMILES string of the molecule is CNC(=O)c1ccc(CN(C)C(=O)C2CC(=O)N(c3cccc(C)c3C)C2)cc1. The Morgan fingerprint density at radius 2 is 1.83 bits per heavy atom. The first-order chi connectivity index (χ1) is 13.8. The maximum Gasteiger partial charge on any atom is 0.251 e. The van der Waals surface area contributed by atoms with Gasteiger partial charge in [0.05, 0.1) is 5.92 Å². The fourth-order valence-corrected chi connectivity index (χ4v) is 3.70. The molecule has 0 aliphatic carbocycles. The predicted molar refractivity (Wildman–Crippen MR) is 113 cm³/mol. The first-order valence-electron chi connectivity index (χ1n) is 9.74. The number of rotatable bonds is 5. The van der Waals surface area contributed by atoms with E-state index in [0.29, 0.717) is 18.7 Å². The Labute approximate surface area is 171 Å². The molecule has 6 nitrogen and oxygen atoms in total. The third-order valence-electron chi connectivity index (χ3n) is 5.58. The van der Waals surface area contributed by atoms with E-state index in [9.17, 15) is 14.4 Å². The number of hydrogen-bond donors (Lipinski definition) is 1. The normalized spacial score (nSPS) is 16.1. The average molecular weight is 393 g/mol. The molecule has 0 bridgehead atoms. The first kappa shape index (κ1) is 20.6. The number of amides is 3. The second-order valence-corrected chi connectivity index (χ2v) is 7.59. The van der Waals surface area contributed by atoms with Crippen LogP contribution in [0.5, 0.6) is 0 Å². The highest BCUT2D eigenvalue weighted by atomic mass is 16.2. The van der Waals surface area contributed by atoms with E-state index in [1.54, 1.807) is 36.0 Å². The van der Waals surface area contributed by atoms with Crippen molar-refractivity contribution in [3.05, 3.63) is 64.7 Å². The van der Waals surface area contributed by atoms with Gasteiger partial charge in [-0.25, -0.2) is 0 Å². The summed E-state index contributed by atoms with van der Waals surface area (Å²) in [6, 6.07) is 13.1. The number of hydrogen-bond acceptors (Lipinski definition) is 3. The number of nitrogens with one attached hydrogen (secondary N) is 1. The highest BCUT2D eigenvalue weighted by Gasteiger charge is 2.37. The van der Waals surface area contributed by atoms with Gasteiger partial charge in [0, 0.05) is 44.9 Å². The van der Waals surface area contributed by atoms with Crippen molar-refractivity contribution in [1.29, 1.82) is 0 Å². The van der Waals surface area contributed by atoms with Gasteiger partial charge in [0.15, 0.2) is 0 Å². The van der Waals surface area contributed by atoms with Crippen molar-refractivity contribution in [2.75, 3.05) is 25.5 Å². The summed E-state index contributed by atoms with van der Waals surface area (Å²) in [4.78, 5) is 40.5. The van der Waals surface area contributed by atoms with Crippen LogP contribution in [0.3, 0.4) is 0 Å². The molecule has 1 atom stereocenters. The van der Waals surface area contributed by atoms with Crippen LogP contribution >= 0.6 is 0 Å². The van der Waals surface area contributed by atoms with E-state index in [0.717, 1.165) is 22.4 Å². The predicted octanol–water partition coefficient (Wildman–Crippen LogP) is 2.67. The van der Waals surface area contributed by atoms with Gasteiger partial charge < -0.3 is 15.1 Å². The molecule has 1 aliphatic rings. The third kappa shape index (κ3) is 4.31. The molecule has 3 amide bonds. The van der Waals surface area contributed by atoms with Crippen LogP contribution in [0.25, 0.3) is 0 Å². The van der Waals surface area contributed by atoms with Crippen molar-refractivity contribution >= 4 is 23.4 Å². The lowest BCUT2D eigenvalue weighted by molar-refractivity contribution is -0.135. The Morgan fingerprint density at radius 1 is 1.14 bits per heavy atom. The number of benzene rings is 2. The van der Waals surface area contributed by atoms with E-state index in [2.05, 4.69) is 5.32 Å². The minimum atomic E-state index is -0.349. The van der Waals surface area contributed by atoms with Crippen molar-refractivity contribution in [1.82, 2.24) is 10.2 Å². The number of aryl methyl sites for hydroxylation is 1. The van der Waals surface area contributed by atoms with E-state index in [-0.39, 0.29) is 30.1 Å². The molecule has 3 rings (SSSR count). The second kappa shape index (κ2) is 8.47. The molecule has 0 radical (unpaired) electrons. The molecule has 0 spiro atoms. The third-order valence-corrected chi connectivity index (χ3v) is 5.58. The van der Waals surface area contributed by atoms with Gasteiger partial charge in [-0.15, -0.1) is 0 Å². The van der Waals surface area contributed by atoms with Gasteiger partial charge in [-0.1, -0.05) is 24.3 Å². The van der Waals surface area contributed by atoms with Crippen molar-refractivity contribution in [3.8, 4) is 0 Å². The average Bonchev–Trinajstić information content (AvgIpc) is 3.10. The zero-order chi connectivity index (χ0) is 21.1. The maximum atomic E-state index is 12.9. The fraction of sp³-hybridized carbons (Fsp3) is 0.348. The number of carbonyl (C=O) groups is 3. The molecule has 1 saturated heterocycles. The monoisotopic (exact) mass is 393 g/mol. The van der Waals surface area contributed by atoms with Gasteiger partial charge >= 0.3 is 0 Å². The minimum Gasteiger partial charge on any atom is -0.355 e. The van der Waals surface area contributed by atoms with Gasteiger partial charge in [0.1, 0.15) is 0 Å². The Hall–Kier alpha value is -3.15. The van der Waals surface area contributed by atoms with E-state index in [1.807, 2.05) is 44.2 Å². The first-order valence-corrected chi connectivity index (χ1v) is 9.74. The summed E-state index contributed by atoms with van der Waals surface area (Å²) >= 11 is 0. The van der Waals surface area contributed by atoms with E-state index >= 15 is 0 Å². The Balaban J connectivity index is 1.66. The van der Waals surface area contributed by atoms with E-state index in [1.165, 1.54) is 0 Å². The Bertz CT molecular complexity index is 937. The maximum absolute atomic E-state index is 12.9. The van der Waals surface area contributed by atoms with Crippen LogP contribution in [0, 0.1) is 19.8 Å². The molecule has 2 aromatic rings. The van der Waals surface area contributed by atoms with Gasteiger partial charge in [0.2, 0.25) is 11.8 Å². The van der Waals surface area contributed by atoms with Crippen LogP contribution in [0.15, 0.2) is 42.5 Å². The van der Waals surface area contributed by atoms with Crippen LogP contribution < -0.4 is 10.2 Å². The summed E-state index contributed by atoms with van der Waals surface area (Å²) in [5, 5.41) is 2.59. The Morgan fingerprint density at radius 3 is 2.48 bits per heavy atom. The molecule has 0 aromatic heterocycles. The molecule has 0 saturated carbocycles. The minimum absolute atomic E-state index is 0.0135. The molecule has 1 heterocycles. The molecule has 6 heteroatoms. The highest BCUT2D eigenvalue weighted by Crippen LogP contribution is 2.30. The lowest BCUT2D eigenvalue weighted by Gasteiger charge is -2.23. The molecular formula is C23H27N3O3. The topological polar surface area (TPSA) is 69.7 Å². The lowest BCUT2D eigenvalue weighted by atomic mass is 10.1. The molecule has 1 unspecified atom stereocenters. The van der Waals surface area contributed by atoms with Crippen LogP contribution in [-0.4, -0.2) is 43.3 Å². The second-order valence-electron chi connectivity index (χ2n) is 7.59. The van der Waals surface area contributed by atoms with Crippen LogP contribution in [0.4, 0.5) is 5.69 Å². The van der Waals surface area contributed by atoms with E-state index in [4.69, 9.17) is 0 Å². The summed E-state index contributed by atoms with van der Waals surface area (Å²) in [5.41, 5.74) is 4.60. The van der Waals surface area contributed by atoms with Crippen molar-refractivity contribution in [2.24, 2.45) is 5.92 Å². The summed E-state index contributed by atoms with van der Waals surface area (Å²) in [6.45, 7) is 4.86. The van der Waals surface area contributed by atoms with Crippen LogP contribution in [0.1, 0.15) is 33.5 Å². The number of carbonyl (C=O) groups excluding carboxylic acids is 3. The molecule has 2 aromatic carbocycles. The quantitative estimate of drug-likeness (QED) is 0.849. The summed E-state index contributed by atoms with van der Waals surface area (Å²) in [5.74, 6) is -0.545. The summed E-state index contributed by atoms with van der Waals surface area (Å²) in [7, 11) is 3.34. The fourth-order valence-electron chi connectivity index (χ4n) is 3.70. The highest BCUT2D eigenvalue weighted by molar-refractivity contribution is 6.01. The zero-order valence-electron chi connectivity index (χ0n) is 17.4. The van der Waals surface area contributed by atoms with Gasteiger partial charge in [-0.2, -0.15) is 0 Å². The zero-order valence-corrected chi connectivity index (χ0v) is 17.4. The largest absolute Gasteiger partial charge is 0.355 e. The van der Waals surface area contributed by atoms with Crippen molar-refractivity contribution in [3.63, 3.8) is 0 Å². The lowest BCUT2D eigenvalue weighted by Crippen LogP contribution is -2.34. The smallest absolute Gasteiger partial charge is 0.251 e. The Kier molecular flexibility index (Phi) is 6.01. The molecule has 29 heavy (non-hydrogen) atoms. The molecule has 1 fully saturated rings. The standard InChI is InChI=1S/C23H27N3O3/c1-15-6-5-7-20(16(15)2)26-14-19(12-21(26)27)23(29)25(4)13-17-8-10-18(11-9-17)22(28)24-3/h5-11,19H,12-14H2,1-4H3,(H,24,28). The van der Waals surface area contributed by atoms with Gasteiger partial charge in [-0.3, -0.25) is 14.4 Å². The van der Waals surface area contributed by atoms with Crippen molar-refractivity contribution in [2.45, 2.75) is 26.8 Å². The summed E-state index contributed by atoms with van der Waals surface area (Å²) in [6.07, 6.45) is 0.228. The number of nitrogens with zero attached hydrogens (tertiary/aromatic N) is 2.